The van der Waals surface area contributed by atoms with Crippen molar-refractivity contribution in [2.24, 2.45) is 5.92 Å². The molecule has 0 aliphatic heterocycles. The zero-order chi connectivity index (χ0) is 12.3. The van der Waals surface area contributed by atoms with E-state index in [1.54, 1.807) is 12.1 Å². The number of benzene rings is 1. The van der Waals surface area contributed by atoms with Gasteiger partial charge in [0, 0.05) is 10.5 Å². The lowest BCUT2D eigenvalue weighted by Crippen LogP contribution is -2.27. The lowest BCUT2D eigenvalue weighted by Gasteiger charge is -2.25. The summed E-state index contributed by atoms with van der Waals surface area (Å²) in [6, 6.07) is 5.39. The molecule has 1 nitrogen and oxygen atoms in total. The molecule has 0 radical (unpaired) electrons. The maximum absolute atomic E-state index is 13.1. The highest BCUT2D eigenvalue weighted by Crippen LogP contribution is 2.38. The monoisotopic (exact) mass is 299 g/mol. The highest BCUT2D eigenvalue weighted by molar-refractivity contribution is 9.10. The predicted octanol–water partition coefficient (Wildman–Crippen LogP) is 4.43. The van der Waals surface area contributed by atoms with E-state index in [-0.39, 0.29) is 5.82 Å². The molecule has 0 spiro atoms. The molecule has 0 saturated heterocycles. The molecule has 0 bridgehead atoms. The number of hydrogen-bond acceptors (Lipinski definition) is 1. The van der Waals surface area contributed by atoms with Crippen molar-refractivity contribution in [2.45, 2.75) is 38.6 Å². The molecule has 0 amide bonds. The molecule has 1 aliphatic carbocycles. The van der Waals surface area contributed by atoms with E-state index in [4.69, 9.17) is 0 Å². The summed E-state index contributed by atoms with van der Waals surface area (Å²) in [6.07, 6.45) is 5.21. The summed E-state index contributed by atoms with van der Waals surface area (Å²) in [5.41, 5.74) is 1.19. The van der Waals surface area contributed by atoms with E-state index >= 15 is 0 Å². The van der Waals surface area contributed by atoms with Crippen LogP contribution in [0.1, 0.15) is 44.2 Å². The SMILES string of the molecule is CCNC(c1ccc(F)cc1Br)C1CCCC1. The molecule has 94 valence electrons. The van der Waals surface area contributed by atoms with Crippen molar-refractivity contribution in [2.75, 3.05) is 6.54 Å². The van der Waals surface area contributed by atoms with Gasteiger partial charge in [0.05, 0.1) is 0 Å². The zero-order valence-corrected chi connectivity index (χ0v) is 11.8. The number of rotatable bonds is 4. The molecule has 1 aliphatic rings. The molecular formula is C14H19BrFN. The molecule has 1 fully saturated rings. The third kappa shape index (κ3) is 3.08. The van der Waals surface area contributed by atoms with Crippen LogP contribution in [-0.2, 0) is 0 Å². The zero-order valence-electron chi connectivity index (χ0n) is 10.2. The van der Waals surface area contributed by atoms with Crippen molar-refractivity contribution < 1.29 is 4.39 Å². The van der Waals surface area contributed by atoms with Crippen molar-refractivity contribution in [1.29, 1.82) is 0 Å². The Morgan fingerprint density at radius 3 is 2.71 bits per heavy atom. The Labute approximate surface area is 111 Å². The highest BCUT2D eigenvalue weighted by atomic mass is 79.9. The average molecular weight is 300 g/mol. The first-order valence-electron chi connectivity index (χ1n) is 6.40. The molecule has 3 heteroatoms. The molecular weight excluding hydrogens is 281 g/mol. The van der Waals surface area contributed by atoms with E-state index in [0.717, 1.165) is 11.0 Å². The summed E-state index contributed by atoms with van der Waals surface area (Å²) in [6.45, 7) is 3.07. The third-order valence-corrected chi connectivity index (χ3v) is 4.28. The Morgan fingerprint density at radius 2 is 2.12 bits per heavy atom. The molecule has 0 heterocycles. The van der Waals surface area contributed by atoms with Gasteiger partial charge in [0.2, 0.25) is 0 Å². The first-order chi connectivity index (χ1) is 8.22. The quantitative estimate of drug-likeness (QED) is 0.867. The highest BCUT2D eigenvalue weighted by Gasteiger charge is 2.26. The number of halogens is 2. The Morgan fingerprint density at radius 1 is 1.41 bits per heavy atom. The van der Waals surface area contributed by atoms with Gasteiger partial charge in [-0.2, -0.15) is 0 Å². The summed E-state index contributed by atoms with van der Waals surface area (Å²) in [7, 11) is 0. The van der Waals surface area contributed by atoms with Gasteiger partial charge in [-0.1, -0.05) is 41.8 Å². The Balaban J connectivity index is 2.24. The van der Waals surface area contributed by atoms with E-state index < -0.39 is 0 Å². The van der Waals surface area contributed by atoms with Gasteiger partial charge < -0.3 is 5.32 Å². The second kappa shape index (κ2) is 5.96. The summed E-state index contributed by atoms with van der Waals surface area (Å²) in [4.78, 5) is 0. The Kier molecular flexibility index (Phi) is 4.57. The minimum absolute atomic E-state index is 0.178. The first kappa shape index (κ1) is 13.0. The van der Waals surface area contributed by atoms with E-state index in [9.17, 15) is 4.39 Å². The van der Waals surface area contributed by atoms with Gasteiger partial charge >= 0.3 is 0 Å². The van der Waals surface area contributed by atoms with Gasteiger partial charge in [-0.25, -0.2) is 4.39 Å². The van der Waals surface area contributed by atoms with Crippen LogP contribution in [0.5, 0.6) is 0 Å². The lowest BCUT2D eigenvalue weighted by atomic mass is 9.91. The number of nitrogens with one attached hydrogen (secondary N) is 1. The minimum Gasteiger partial charge on any atom is -0.310 e. The van der Waals surface area contributed by atoms with Crippen molar-refractivity contribution in [3.63, 3.8) is 0 Å². The van der Waals surface area contributed by atoms with E-state index in [2.05, 4.69) is 28.2 Å². The summed E-state index contributed by atoms with van der Waals surface area (Å²) in [5.74, 6) is 0.513. The van der Waals surface area contributed by atoms with Crippen molar-refractivity contribution in [3.8, 4) is 0 Å². The largest absolute Gasteiger partial charge is 0.310 e. The number of hydrogen-bond donors (Lipinski definition) is 1. The standard InChI is InChI=1S/C14H19BrFN/c1-2-17-14(10-5-3-4-6-10)12-8-7-11(16)9-13(12)15/h7-10,14,17H,2-6H2,1H3. The molecule has 17 heavy (non-hydrogen) atoms. The van der Waals surface area contributed by atoms with Crippen LogP contribution in [0.3, 0.4) is 0 Å². The molecule has 1 aromatic carbocycles. The van der Waals surface area contributed by atoms with Crippen molar-refractivity contribution in [3.05, 3.63) is 34.1 Å². The van der Waals surface area contributed by atoms with Crippen LogP contribution >= 0.6 is 15.9 Å². The second-order valence-electron chi connectivity index (χ2n) is 4.75. The topological polar surface area (TPSA) is 12.0 Å². The van der Waals surface area contributed by atoms with E-state index in [1.165, 1.54) is 31.2 Å². The summed E-state index contributed by atoms with van der Waals surface area (Å²) < 4.78 is 14.0. The molecule has 1 atom stereocenters. The minimum atomic E-state index is -0.178. The second-order valence-corrected chi connectivity index (χ2v) is 5.60. The Bertz CT molecular complexity index is 374. The summed E-state index contributed by atoms with van der Waals surface area (Å²) in [5, 5.41) is 3.55. The molecule has 1 aromatic rings. The summed E-state index contributed by atoms with van der Waals surface area (Å²) >= 11 is 3.48. The van der Waals surface area contributed by atoms with Gasteiger partial charge in [-0.05, 0) is 43.0 Å². The smallest absolute Gasteiger partial charge is 0.124 e. The fourth-order valence-corrected chi connectivity index (χ4v) is 3.39. The van der Waals surface area contributed by atoms with E-state index in [0.29, 0.717) is 12.0 Å². The van der Waals surface area contributed by atoms with Crippen LogP contribution in [0.4, 0.5) is 4.39 Å². The van der Waals surface area contributed by atoms with Crippen LogP contribution in [0.15, 0.2) is 22.7 Å². The maximum Gasteiger partial charge on any atom is 0.124 e. The Hall–Kier alpha value is -0.410. The van der Waals surface area contributed by atoms with Gasteiger partial charge in [0.25, 0.3) is 0 Å². The molecule has 0 aromatic heterocycles. The molecule has 1 saturated carbocycles. The third-order valence-electron chi connectivity index (χ3n) is 3.59. The van der Waals surface area contributed by atoms with Gasteiger partial charge in [0.15, 0.2) is 0 Å². The van der Waals surface area contributed by atoms with Gasteiger partial charge in [0.1, 0.15) is 5.82 Å². The fraction of sp³-hybridized carbons (Fsp3) is 0.571. The van der Waals surface area contributed by atoms with Crippen LogP contribution in [0.25, 0.3) is 0 Å². The van der Waals surface area contributed by atoms with Crippen molar-refractivity contribution >= 4 is 15.9 Å². The van der Waals surface area contributed by atoms with Crippen LogP contribution in [-0.4, -0.2) is 6.54 Å². The van der Waals surface area contributed by atoms with Gasteiger partial charge in [-0.15, -0.1) is 0 Å². The van der Waals surface area contributed by atoms with Gasteiger partial charge in [-0.3, -0.25) is 0 Å². The normalized spacial score (nSPS) is 18.5. The van der Waals surface area contributed by atoms with Crippen LogP contribution < -0.4 is 5.32 Å². The van der Waals surface area contributed by atoms with Crippen molar-refractivity contribution in [1.82, 2.24) is 5.32 Å². The average Bonchev–Trinajstić information content (AvgIpc) is 2.80. The molecule has 1 unspecified atom stereocenters. The first-order valence-corrected chi connectivity index (χ1v) is 7.20. The molecule has 1 N–H and O–H groups in total. The van der Waals surface area contributed by atoms with E-state index in [1.807, 2.05) is 6.07 Å². The lowest BCUT2D eigenvalue weighted by molar-refractivity contribution is 0.373. The predicted molar refractivity (Wildman–Crippen MR) is 72.5 cm³/mol. The van der Waals surface area contributed by atoms with Crippen LogP contribution in [0.2, 0.25) is 0 Å². The molecule has 2 rings (SSSR count). The maximum atomic E-state index is 13.1. The van der Waals surface area contributed by atoms with Crippen LogP contribution in [0, 0.1) is 11.7 Å². The fourth-order valence-electron chi connectivity index (χ4n) is 2.79.